The number of hydrogen-bond acceptors (Lipinski definition) is 2. The molecular weight excluding hydrogens is 256 g/mol. The Morgan fingerprint density at radius 2 is 1.67 bits per heavy atom. The topological polar surface area (TPSA) is 24.9 Å². The lowest BCUT2D eigenvalue weighted by Gasteiger charge is -2.13. The second-order valence-corrected chi connectivity index (χ2v) is 5.47. The van der Waals surface area contributed by atoms with Crippen LogP contribution in [-0.4, -0.2) is 11.0 Å². The van der Waals surface area contributed by atoms with Gasteiger partial charge in [-0.2, -0.15) is 0 Å². The fraction of sp³-hybridized carbons (Fsp3) is 0.211. The Balaban J connectivity index is 1.60. The van der Waals surface area contributed by atoms with Gasteiger partial charge < -0.3 is 5.32 Å². The Bertz CT molecular complexity index is 707. The zero-order chi connectivity index (χ0) is 14.5. The lowest BCUT2D eigenvalue weighted by Crippen LogP contribution is -2.27. The lowest BCUT2D eigenvalue weighted by molar-refractivity contribution is 0.540. The minimum absolute atomic E-state index is 0.431. The van der Waals surface area contributed by atoms with E-state index in [1.54, 1.807) is 0 Å². The second kappa shape index (κ2) is 6.51. The Morgan fingerprint density at radius 3 is 2.52 bits per heavy atom. The molecule has 2 aromatic carbocycles. The maximum atomic E-state index is 4.69. The van der Waals surface area contributed by atoms with Crippen LogP contribution in [0.25, 0.3) is 10.9 Å². The molecule has 0 bridgehead atoms. The molecule has 2 heteroatoms. The minimum atomic E-state index is 0.431. The van der Waals surface area contributed by atoms with Crippen LogP contribution in [0.2, 0.25) is 0 Å². The van der Waals surface area contributed by atoms with Crippen molar-refractivity contribution in [1.82, 2.24) is 10.3 Å². The summed E-state index contributed by atoms with van der Waals surface area (Å²) in [6, 6.07) is 23.5. The van der Waals surface area contributed by atoms with Crippen LogP contribution in [0.3, 0.4) is 0 Å². The van der Waals surface area contributed by atoms with Gasteiger partial charge in [-0.05, 0) is 31.0 Å². The zero-order valence-corrected chi connectivity index (χ0v) is 12.3. The van der Waals surface area contributed by atoms with Crippen LogP contribution in [0.4, 0.5) is 0 Å². The summed E-state index contributed by atoms with van der Waals surface area (Å²) in [6.07, 6.45) is 1.04. The molecule has 0 aliphatic rings. The smallest absolute Gasteiger partial charge is 0.0705 e. The Kier molecular flexibility index (Phi) is 4.27. The van der Waals surface area contributed by atoms with Gasteiger partial charge in [0.25, 0.3) is 0 Å². The predicted octanol–water partition coefficient (Wildman–Crippen LogP) is 3.96. The van der Waals surface area contributed by atoms with Crippen molar-refractivity contribution in [3.8, 4) is 0 Å². The van der Waals surface area contributed by atoms with Crippen molar-refractivity contribution >= 4 is 10.9 Å². The molecule has 2 nitrogen and oxygen atoms in total. The standard InChI is InChI=1S/C19H20N2/c1-15(13-16-7-3-2-4-8-16)20-14-18-12-11-17-9-5-6-10-19(17)21-18/h2-12,15,20H,13-14H2,1H3/t15-/m0/s1. The number of pyridine rings is 1. The molecule has 3 aromatic rings. The SMILES string of the molecule is C[C@@H](Cc1ccccc1)NCc1ccc2ccccc2n1. The summed E-state index contributed by atoms with van der Waals surface area (Å²) < 4.78 is 0. The van der Waals surface area contributed by atoms with E-state index in [1.807, 2.05) is 12.1 Å². The third-order valence-electron chi connectivity index (χ3n) is 3.67. The van der Waals surface area contributed by atoms with E-state index >= 15 is 0 Å². The number of nitrogens with zero attached hydrogens (tertiary/aromatic N) is 1. The number of rotatable bonds is 5. The summed E-state index contributed by atoms with van der Waals surface area (Å²) in [7, 11) is 0. The van der Waals surface area contributed by atoms with Gasteiger partial charge in [0.1, 0.15) is 0 Å². The first kappa shape index (κ1) is 13.8. The quantitative estimate of drug-likeness (QED) is 0.763. The van der Waals surface area contributed by atoms with E-state index in [0.29, 0.717) is 6.04 Å². The van der Waals surface area contributed by atoms with Crippen molar-refractivity contribution in [3.63, 3.8) is 0 Å². The van der Waals surface area contributed by atoms with Crippen LogP contribution >= 0.6 is 0 Å². The normalized spacial score (nSPS) is 12.4. The molecule has 0 aliphatic carbocycles. The Hall–Kier alpha value is -2.19. The maximum absolute atomic E-state index is 4.69. The molecule has 0 saturated heterocycles. The Morgan fingerprint density at radius 1 is 0.905 bits per heavy atom. The highest BCUT2D eigenvalue weighted by Gasteiger charge is 2.04. The van der Waals surface area contributed by atoms with Crippen LogP contribution in [0.1, 0.15) is 18.2 Å². The van der Waals surface area contributed by atoms with E-state index in [2.05, 4.69) is 66.8 Å². The van der Waals surface area contributed by atoms with Crippen LogP contribution in [0.15, 0.2) is 66.7 Å². The number of hydrogen-bond donors (Lipinski definition) is 1. The number of nitrogens with one attached hydrogen (secondary N) is 1. The van der Waals surface area contributed by atoms with E-state index in [-0.39, 0.29) is 0 Å². The average molecular weight is 276 g/mol. The first-order valence-corrected chi connectivity index (χ1v) is 7.43. The molecule has 0 fully saturated rings. The molecule has 0 unspecified atom stereocenters. The number of benzene rings is 2. The van der Waals surface area contributed by atoms with Gasteiger partial charge >= 0.3 is 0 Å². The van der Waals surface area contributed by atoms with Gasteiger partial charge in [-0.15, -0.1) is 0 Å². The second-order valence-electron chi connectivity index (χ2n) is 5.47. The molecule has 1 N–H and O–H groups in total. The number of fused-ring (bicyclic) bond motifs is 1. The molecule has 3 rings (SSSR count). The highest BCUT2D eigenvalue weighted by molar-refractivity contribution is 5.78. The highest BCUT2D eigenvalue weighted by Crippen LogP contribution is 2.12. The van der Waals surface area contributed by atoms with Crippen LogP contribution in [0.5, 0.6) is 0 Å². The van der Waals surface area contributed by atoms with Gasteiger partial charge in [0.2, 0.25) is 0 Å². The lowest BCUT2D eigenvalue weighted by atomic mass is 10.1. The third kappa shape index (κ3) is 3.67. The number of aromatic nitrogens is 1. The van der Waals surface area contributed by atoms with Gasteiger partial charge in [-0.3, -0.25) is 4.98 Å². The first-order valence-electron chi connectivity index (χ1n) is 7.43. The van der Waals surface area contributed by atoms with Gasteiger partial charge in [-0.25, -0.2) is 0 Å². The summed E-state index contributed by atoms with van der Waals surface area (Å²) >= 11 is 0. The fourth-order valence-corrected chi connectivity index (χ4v) is 2.53. The molecule has 106 valence electrons. The van der Waals surface area contributed by atoms with Crippen molar-refractivity contribution in [1.29, 1.82) is 0 Å². The van der Waals surface area contributed by atoms with Crippen LogP contribution in [-0.2, 0) is 13.0 Å². The van der Waals surface area contributed by atoms with Crippen molar-refractivity contribution < 1.29 is 0 Å². The molecular formula is C19H20N2. The van der Waals surface area contributed by atoms with Gasteiger partial charge in [0.05, 0.1) is 11.2 Å². The monoisotopic (exact) mass is 276 g/mol. The Labute approximate surface area is 125 Å². The van der Waals surface area contributed by atoms with Gasteiger partial charge in [0, 0.05) is 18.0 Å². The molecule has 1 aromatic heterocycles. The predicted molar refractivity (Wildman–Crippen MR) is 88.2 cm³/mol. The molecule has 1 atom stereocenters. The van der Waals surface area contributed by atoms with Gasteiger partial charge in [-0.1, -0.05) is 54.6 Å². The van der Waals surface area contributed by atoms with E-state index < -0.39 is 0 Å². The van der Waals surface area contributed by atoms with E-state index in [0.717, 1.165) is 24.2 Å². The van der Waals surface area contributed by atoms with E-state index in [9.17, 15) is 0 Å². The summed E-state index contributed by atoms with van der Waals surface area (Å²) in [5.41, 5.74) is 3.52. The van der Waals surface area contributed by atoms with Crippen LogP contribution < -0.4 is 5.32 Å². The van der Waals surface area contributed by atoms with Crippen molar-refractivity contribution in [3.05, 3.63) is 78.0 Å². The molecule has 0 saturated carbocycles. The molecule has 0 radical (unpaired) electrons. The number of para-hydroxylation sites is 1. The zero-order valence-electron chi connectivity index (χ0n) is 12.3. The summed E-state index contributed by atoms with van der Waals surface area (Å²) in [4.78, 5) is 4.69. The maximum Gasteiger partial charge on any atom is 0.0705 e. The van der Waals surface area contributed by atoms with E-state index in [1.165, 1.54) is 10.9 Å². The summed E-state index contributed by atoms with van der Waals surface area (Å²) in [5.74, 6) is 0. The average Bonchev–Trinajstić information content (AvgIpc) is 2.54. The fourth-order valence-electron chi connectivity index (χ4n) is 2.53. The van der Waals surface area contributed by atoms with Crippen molar-refractivity contribution in [2.24, 2.45) is 0 Å². The van der Waals surface area contributed by atoms with Crippen molar-refractivity contribution in [2.45, 2.75) is 25.9 Å². The highest BCUT2D eigenvalue weighted by atomic mass is 14.9. The minimum Gasteiger partial charge on any atom is -0.308 e. The molecule has 1 heterocycles. The van der Waals surface area contributed by atoms with E-state index in [4.69, 9.17) is 4.98 Å². The summed E-state index contributed by atoms with van der Waals surface area (Å²) in [5, 5.41) is 4.74. The van der Waals surface area contributed by atoms with Gasteiger partial charge in [0.15, 0.2) is 0 Å². The largest absolute Gasteiger partial charge is 0.308 e. The van der Waals surface area contributed by atoms with Crippen LogP contribution in [0, 0.1) is 0 Å². The molecule has 0 spiro atoms. The van der Waals surface area contributed by atoms with Crippen molar-refractivity contribution in [2.75, 3.05) is 0 Å². The third-order valence-corrected chi connectivity index (χ3v) is 3.67. The molecule has 0 amide bonds. The summed E-state index contributed by atoms with van der Waals surface area (Å²) in [6.45, 7) is 3.02. The molecule has 21 heavy (non-hydrogen) atoms. The molecule has 0 aliphatic heterocycles. The first-order chi connectivity index (χ1) is 10.3.